The highest BCUT2D eigenvalue weighted by atomic mass is 16.3. The second kappa shape index (κ2) is 9.68. The first kappa shape index (κ1) is 24.3. The van der Waals surface area contributed by atoms with Crippen molar-refractivity contribution in [2.24, 2.45) is 46.3 Å². The molecule has 1 heteroatoms. The summed E-state index contributed by atoms with van der Waals surface area (Å²) in [5.74, 6) is 5.17. The van der Waals surface area contributed by atoms with E-state index in [-0.39, 0.29) is 6.10 Å². The van der Waals surface area contributed by atoms with E-state index in [1.807, 2.05) is 0 Å². The van der Waals surface area contributed by atoms with Gasteiger partial charge in [0.2, 0.25) is 0 Å². The van der Waals surface area contributed by atoms with Crippen molar-refractivity contribution in [3.05, 3.63) is 11.6 Å². The molecule has 0 spiro atoms. The summed E-state index contributed by atoms with van der Waals surface area (Å²) in [4.78, 5) is 0. The molecule has 1 N–H and O–H groups in total. The number of fused-ring (bicyclic) bond motifs is 3. The zero-order valence-electron chi connectivity index (χ0n) is 21.3. The van der Waals surface area contributed by atoms with Crippen LogP contribution in [-0.4, -0.2) is 11.2 Å². The quantitative estimate of drug-likeness (QED) is 0.394. The molecule has 0 amide bonds. The van der Waals surface area contributed by atoms with Gasteiger partial charge in [-0.2, -0.15) is 0 Å². The number of allylic oxidation sites excluding steroid dienone is 1. The summed E-state index contributed by atoms with van der Waals surface area (Å²) in [6.07, 6.45) is 16.7. The van der Waals surface area contributed by atoms with Gasteiger partial charge in [0, 0.05) is 0 Å². The molecule has 0 bridgehead atoms. The lowest BCUT2D eigenvalue weighted by Crippen LogP contribution is -2.48. The Morgan fingerprint density at radius 2 is 1.77 bits per heavy atom. The summed E-state index contributed by atoms with van der Waals surface area (Å²) in [6, 6.07) is 0. The second-order valence-corrected chi connectivity index (χ2v) is 12.5. The van der Waals surface area contributed by atoms with Gasteiger partial charge in [-0.15, -0.1) is 0 Å². The maximum absolute atomic E-state index is 10.2. The Morgan fingerprint density at radius 3 is 2.40 bits per heavy atom. The van der Waals surface area contributed by atoms with Crippen molar-refractivity contribution in [3.63, 3.8) is 0 Å². The van der Waals surface area contributed by atoms with E-state index in [9.17, 15) is 5.11 Å². The molecular formula is C29H52O. The third-order valence-corrected chi connectivity index (χ3v) is 10.5. The Kier molecular flexibility index (Phi) is 7.85. The van der Waals surface area contributed by atoms with Gasteiger partial charge in [0.25, 0.3) is 0 Å². The van der Waals surface area contributed by atoms with Crippen molar-refractivity contribution in [2.75, 3.05) is 0 Å². The van der Waals surface area contributed by atoms with Crippen LogP contribution >= 0.6 is 0 Å². The SMILES string of the molecule is CCC(CCC(C)C(CC)C1(C)CCC2C(CC=C3CC(O)CCC32C)C1)C(C)C. The zero-order chi connectivity index (χ0) is 22.1. The zero-order valence-corrected chi connectivity index (χ0v) is 21.3. The van der Waals surface area contributed by atoms with Gasteiger partial charge in [0.05, 0.1) is 6.10 Å². The number of aliphatic hydroxyl groups excluding tert-OH is 1. The van der Waals surface area contributed by atoms with Gasteiger partial charge in [0.1, 0.15) is 0 Å². The van der Waals surface area contributed by atoms with Crippen LogP contribution in [0.15, 0.2) is 11.6 Å². The Morgan fingerprint density at radius 1 is 1.03 bits per heavy atom. The average Bonchev–Trinajstić information content (AvgIpc) is 2.69. The predicted octanol–water partition coefficient (Wildman–Crippen LogP) is 8.41. The largest absolute Gasteiger partial charge is 0.393 e. The molecule has 2 saturated carbocycles. The molecule has 2 fully saturated rings. The fourth-order valence-electron chi connectivity index (χ4n) is 8.51. The molecule has 8 atom stereocenters. The summed E-state index contributed by atoms with van der Waals surface area (Å²) in [6.45, 7) is 17.4. The lowest BCUT2D eigenvalue weighted by atomic mass is 9.48. The van der Waals surface area contributed by atoms with Gasteiger partial charge in [-0.25, -0.2) is 0 Å². The molecule has 3 rings (SSSR count). The highest BCUT2D eigenvalue weighted by Crippen LogP contribution is 2.61. The lowest BCUT2D eigenvalue weighted by Gasteiger charge is -2.57. The van der Waals surface area contributed by atoms with Crippen molar-refractivity contribution in [1.82, 2.24) is 0 Å². The molecule has 30 heavy (non-hydrogen) atoms. The molecule has 0 aromatic carbocycles. The van der Waals surface area contributed by atoms with Crippen molar-refractivity contribution < 1.29 is 5.11 Å². The maximum atomic E-state index is 10.2. The molecule has 3 aliphatic carbocycles. The van der Waals surface area contributed by atoms with Crippen LogP contribution in [-0.2, 0) is 0 Å². The molecule has 8 unspecified atom stereocenters. The summed E-state index contributed by atoms with van der Waals surface area (Å²) in [5.41, 5.74) is 2.50. The molecule has 174 valence electrons. The highest BCUT2D eigenvalue weighted by molar-refractivity contribution is 5.24. The molecule has 0 aromatic heterocycles. The Balaban J connectivity index is 1.68. The summed E-state index contributed by atoms with van der Waals surface area (Å²) >= 11 is 0. The van der Waals surface area contributed by atoms with E-state index in [1.54, 1.807) is 5.57 Å². The smallest absolute Gasteiger partial charge is 0.0577 e. The molecule has 0 heterocycles. The van der Waals surface area contributed by atoms with Crippen molar-refractivity contribution in [3.8, 4) is 0 Å². The van der Waals surface area contributed by atoms with Crippen LogP contribution < -0.4 is 0 Å². The first-order valence-corrected chi connectivity index (χ1v) is 13.5. The van der Waals surface area contributed by atoms with Gasteiger partial charge in [0.15, 0.2) is 0 Å². The van der Waals surface area contributed by atoms with Gasteiger partial charge >= 0.3 is 0 Å². The second-order valence-electron chi connectivity index (χ2n) is 12.5. The minimum absolute atomic E-state index is 0.0853. The van der Waals surface area contributed by atoms with Gasteiger partial charge in [-0.1, -0.05) is 79.4 Å². The van der Waals surface area contributed by atoms with Crippen LogP contribution in [0.1, 0.15) is 119 Å². The minimum Gasteiger partial charge on any atom is -0.393 e. The number of hydrogen-bond donors (Lipinski definition) is 1. The topological polar surface area (TPSA) is 20.2 Å². The monoisotopic (exact) mass is 416 g/mol. The van der Waals surface area contributed by atoms with Crippen LogP contribution in [0.5, 0.6) is 0 Å². The van der Waals surface area contributed by atoms with Crippen LogP contribution in [0.2, 0.25) is 0 Å². The van der Waals surface area contributed by atoms with Gasteiger partial charge in [-0.05, 0) is 97.7 Å². The predicted molar refractivity (Wildman–Crippen MR) is 130 cm³/mol. The van der Waals surface area contributed by atoms with E-state index in [4.69, 9.17) is 0 Å². The lowest BCUT2D eigenvalue weighted by molar-refractivity contribution is -0.0364. The maximum Gasteiger partial charge on any atom is 0.0577 e. The Hall–Kier alpha value is -0.300. The van der Waals surface area contributed by atoms with E-state index >= 15 is 0 Å². The Labute approximate surface area is 188 Å². The summed E-state index contributed by atoms with van der Waals surface area (Å²) < 4.78 is 0. The summed E-state index contributed by atoms with van der Waals surface area (Å²) in [5, 5.41) is 10.2. The number of aliphatic hydroxyl groups is 1. The molecule has 0 radical (unpaired) electrons. The van der Waals surface area contributed by atoms with Crippen molar-refractivity contribution in [1.29, 1.82) is 0 Å². The van der Waals surface area contributed by atoms with Crippen molar-refractivity contribution in [2.45, 2.75) is 125 Å². The van der Waals surface area contributed by atoms with E-state index in [0.717, 1.165) is 48.3 Å². The fraction of sp³-hybridized carbons (Fsp3) is 0.931. The minimum atomic E-state index is -0.0853. The number of hydrogen-bond acceptors (Lipinski definition) is 1. The van der Waals surface area contributed by atoms with Crippen LogP contribution in [0.25, 0.3) is 0 Å². The molecule has 1 nitrogen and oxygen atoms in total. The first-order valence-electron chi connectivity index (χ1n) is 13.5. The van der Waals surface area contributed by atoms with Gasteiger partial charge < -0.3 is 5.11 Å². The van der Waals surface area contributed by atoms with Crippen LogP contribution in [0.3, 0.4) is 0 Å². The third kappa shape index (κ3) is 4.72. The van der Waals surface area contributed by atoms with E-state index in [0.29, 0.717) is 10.8 Å². The van der Waals surface area contributed by atoms with E-state index < -0.39 is 0 Å². The first-order chi connectivity index (χ1) is 14.1. The fourth-order valence-corrected chi connectivity index (χ4v) is 8.51. The average molecular weight is 417 g/mol. The Bertz CT molecular complexity index is 591. The molecule has 0 saturated heterocycles. The molecular weight excluding hydrogens is 364 g/mol. The molecule has 3 aliphatic rings. The van der Waals surface area contributed by atoms with E-state index in [1.165, 1.54) is 57.8 Å². The summed E-state index contributed by atoms with van der Waals surface area (Å²) in [7, 11) is 0. The van der Waals surface area contributed by atoms with Crippen LogP contribution in [0.4, 0.5) is 0 Å². The number of rotatable bonds is 8. The highest BCUT2D eigenvalue weighted by Gasteiger charge is 2.52. The molecule has 0 aromatic rings. The van der Waals surface area contributed by atoms with Crippen molar-refractivity contribution >= 4 is 0 Å². The van der Waals surface area contributed by atoms with E-state index in [2.05, 4.69) is 54.5 Å². The third-order valence-electron chi connectivity index (χ3n) is 10.5. The van der Waals surface area contributed by atoms with Crippen LogP contribution in [0, 0.1) is 46.3 Å². The molecule has 0 aliphatic heterocycles. The van der Waals surface area contributed by atoms with Gasteiger partial charge in [-0.3, -0.25) is 0 Å². The standard InChI is InChI=1S/C29H52O/c1-8-22(20(3)4)11-10-21(5)26(9-2)28(6)16-15-27-23(19-28)12-13-24-18-25(30)14-17-29(24,27)7/h13,20-23,25-27,30H,8-12,14-19H2,1-7H3. The normalized spacial score (nSPS) is 39.6.